The molecule has 27 heavy (non-hydrogen) atoms. The molecule has 0 aliphatic heterocycles. The SMILES string of the molecule is CN=C(NCc1c(C)noc1C)NCc1c(C)nn(-c2ccccc2)c1C. The zero-order valence-corrected chi connectivity index (χ0v) is 16.5. The van der Waals surface area contributed by atoms with Gasteiger partial charge in [0.2, 0.25) is 0 Å². The van der Waals surface area contributed by atoms with Crippen molar-refractivity contribution in [1.29, 1.82) is 0 Å². The molecule has 1 aromatic carbocycles. The van der Waals surface area contributed by atoms with Gasteiger partial charge in [0.05, 0.1) is 17.1 Å². The van der Waals surface area contributed by atoms with Gasteiger partial charge >= 0.3 is 0 Å². The van der Waals surface area contributed by atoms with Crippen LogP contribution >= 0.6 is 0 Å². The number of aliphatic imine (C=N–C) groups is 1. The molecule has 0 atom stereocenters. The lowest BCUT2D eigenvalue weighted by Crippen LogP contribution is -2.36. The van der Waals surface area contributed by atoms with Crippen molar-refractivity contribution in [3.05, 3.63) is 64.3 Å². The Hall–Kier alpha value is -3.09. The highest BCUT2D eigenvalue weighted by Crippen LogP contribution is 2.17. The number of aryl methyl sites for hydroxylation is 3. The molecule has 0 radical (unpaired) electrons. The van der Waals surface area contributed by atoms with Gasteiger partial charge in [0, 0.05) is 37.0 Å². The lowest BCUT2D eigenvalue weighted by atomic mass is 10.2. The quantitative estimate of drug-likeness (QED) is 0.536. The van der Waals surface area contributed by atoms with Gasteiger partial charge in [-0.25, -0.2) is 4.68 Å². The fourth-order valence-corrected chi connectivity index (χ4v) is 3.07. The number of hydrogen-bond acceptors (Lipinski definition) is 4. The molecule has 0 amide bonds. The molecule has 2 heterocycles. The van der Waals surface area contributed by atoms with Crippen molar-refractivity contribution < 1.29 is 4.52 Å². The van der Waals surface area contributed by atoms with Crippen LogP contribution in [0, 0.1) is 27.7 Å². The molecule has 7 heteroatoms. The zero-order chi connectivity index (χ0) is 19.4. The summed E-state index contributed by atoms with van der Waals surface area (Å²) in [6, 6.07) is 10.2. The lowest BCUT2D eigenvalue weighted by molar-refractivity contribution is 0.392. The normalized spacial score (nSPS) is 11.7. The second-order valence-electron chi connectivity index (χ2n) is 6.48. The van der Waals surface area contributed by atoms with Crippen molar-refractivity contribution in [2.45, 2.75) is 40.8 Å². The molecule has 7 nitrogen and oxygen atoms in total. The van der Waals surface area contributed by atoms with E-state index < -0.39 is 0 Å². The number of rotatable bonds is 5. The van der Waals surface area contributed by atoms with Crippen molar-refractivity contribution in [2.24, 2.45) is 4.99 Å². The average molecular weight is 366 g/mol. The number of nitrogens with zero attached hydrogens (tertiary/aromatic N) is 4. The summed E-state index contributed by atoms with van der Waals surface area (Å²) in [4.78, 5) is 4.30. The average Bonchev–Trinajstić information content (AvgIpc) is 3.15. The van der Waals surface area contributed by atoms with Crippen molar-refractivity contribution in [1.82, 2.24) is 25.6 Å². The van der Waals surface area contributed by atoms with E-state index in [-0.39, 0.29) is 0 Å². The van der Waals surface area contributed by atoms with Crippen LogP contribution in [0.25, 0.3) is 5.69 Å². The standard InChI is InChI=1S/C20H26N6O/c1-13-18(15(3)26(24-13)17-9-7-6-8-10-17)11-22-20(21-5)23-12-19-14(2)25-27-16(19)4/h6-10H,11-12H2,1-5H3,(H2,21,22,23). The van der Waals surface area contributed by atoms with Crippen LogP contribution in [0.15, 0.2) is 39.8 Å². The van der Waals surface area contributed by atoms with E-state index in [2.05, 4.69) is 44.9 Å². The van der Waals surface area contributed by atoms with Crippen LogP contribution in [0.5, 0.6) is 0 Å². The van der Waals surface area contributed by atoms with Gasteiger partial charge in [-0.1, -0.05) is 23.4 Å². The van der Waals surface area contributed by atoms with Crippen LogP contribution in [-0.2, 0) is 13.1 Å². The Balaban J connectivity index is 1.68. The second kappa shape index (κ2) is 8.07. The van der Waals surface area contributed by atoms with Crippen LogP contribution in [-0.4, -0.2) is 27.9 Å². The summed E-state index contributed by atoms with van der Waals surface area (Å²) in [5, 5.41) is 15.4. The molecule has 0 unspecified atom stereocenters. The van der Waals surface area contributed by atoms with E-state index in [9.17, 15) is 0 Å². The van der Waals surface area contributed by atoms with E-state index in [1.165, 1.54) is 5.56 Å². The second-order valence-corrected chi connectivity index (χ2v) is 6.48. The molecule has 0 bridgehead atoms. The minimum atomic E-state index is 0.613. The maximum Gasteiger partial charge on any atom is 0.191 e. The summed E-state index contributed by atoms with van der Waals surface area (Å²) in [5.41, 5.74) is 6.30. The van der Waals surface area contributed by atoms with Gasteiger partial charge in [-0.15, -0.1) is 0 Å². The van der Waals surface area contributed by atoms with Gasteiger partial charge in [0.25, 0.3) is 0 Å². The summed E-state index contributed by atoms with van der Waals surface area (Å²) in [7, 11) is 1.76. The lowest BCUT2D eigenvalue weighted by Gasteiger charge is -2.12. The highest BCUT2D eigenvalue weighted by Gasteiger charge is 2.14. The van der Waals surface area contributed by atoms with E-state index in [1.54, 1.807) is 7.05 Å². The summed E-state index contributed by atoms with van der Waals surface area (Å²) in [5.74, 6) is 1.55. The highest BCUT2D eigenvalue weighted by atomic mass is 16.5. The number of hydrogen-bond donors (Lipinski definition) is 2. The molecule has 0 aliphatic carbocycles. The zero-order valence-electron chi connectivity index (χ0n) is 16.5. The largest absolute Gasteiger partial charge is 0.361 e. The van der Waals surface area contributed by atoms with Crippen LogP contribution in [0.3, 0.4) is 0 Å². The third-order valence-electron chi connectivity index (χ3n) is 4.71. The summed E-state index contributed by atoms with van der Waals surface area (Å²) >= 11 is 0. The Labute approximate surface area is 159 Å². The van der Waals surface area contributed by atoms with E-state index in [0.717, 1.165) is 40.1 Å². The van der Waals surface area contributed by atoms with Gasteiger partial charge in [0.1, 0.15) is 5.76 Å². The molecule has 2 aromatic heterocycles. The van der Waals surface area contributed by atoms with Crippen LogP contribution in [0.2, 0.25) is 0 Å². The predicted octanol–water partition coefficient (Wildman–Crippen LogP) is 2.96. The molecule has 0 aliphatic rings. The van der Waals surface area contributed by atoms with Crippen LogP contribution in [0.1, 0.15) is 34.0 Å². The molecule has 3 aromatic rings. The van der Waals surface area contributed by atoms with Gasteiger partial charge in [0.15, 0.2) is 5.96 Å². The molecule has 0 saturated heterocycles. The summed E-state index contributed by atoms with van der Waals surface area (Å²) in [6.45, 7) is 9.23. The van der Waals surface area contributed by atoms with Gasteiger partial charge < -0.3 is 15.2 Å². The van der Waals surface area contributed by atoms with Crippen molar-refractivity contribution in [3.8, 4) is 5.69 Å². The maximum atomic E-state index is 5.21. The first-order valence-corrected chi connectivity index (χ1v) is 8.98. The number of nitrogens with one attached hydrogen (secondary N) is 2. The van der Waals surface area contributed by atoms with Crippen molar-refractivity contribution in [3.63, 3.8) is 0 Å². The first kappa shape index (κ1) is 18.7. The Kier molecular flexibility index (Phi) is 5.59. The fourth-order valence-electron chi connectivity index (χ4n) is 3.07. The first-order chi connectivity index (χ1) is 13.0. The minimum Gasteiger partial charge on any atom is -0.361 e. The number of guanidine groups is 1. The van der Waals surface area contributed by atoms with Gasteiger partial charge in [-0.05, 0) is 39.8 Å². The third kappa shape index (κ3) is 4.02. The minimum absolute atomic E-state index is 0.613. The van der Waals surface area contributed by atoms with E-state index >= 15 is 0 Å². The topological polar surface area (TPSA) is 80.3 Å². The molecule has 142 valence electrons. The Morgan fingerprint density at radius 1 is 1.00 bits per heavy atom. The maximum absolute atomic E-state index is 5.21. The Morgan fingerprint density at radius 2 is 1.67 bits per heavy atom. The molecule has 3 rings (SSSR count). The highest BCUT2D eigenvalue weighted by molar-refractivity contribution is 5.79. The van der Waals surface area contributed by atoms with E-state index in [4.69, 9.17) is 4.52 Å². The van der Waals surface area contributed by atoms with Crippen molar-refractivity contribution >= 4 is 5.96 Å². The fraction of sp³-hybridized carbons (Fsp3) is 0.350. The number of para-hydroxylation sites is 1. The molecule has 0 fully saturated rings. The Morgan fingerprint density at radius 3 is 2.26 bits per heavy atom. The van der Waals surface area contributed by atoms with Gasteiger partial charge in [-0.3, -0.25) is 4.99 Å². The third-order valence-corrected chi connectivity index (χ3v) is 4.71. The molecular formula is C20H26N6O. The number of aromatic nitrogens is 3. The number of benzene rings is 1. The molecular weight excluding hydrogens is 340 g/mol. The summed E-state index contributed by atoms with van der Waals surface area (Å²) in [6.07, 6.45) is 0. The molecule has 0 saturated carbocycles. The van der Waals surface area contributed by atoms with E-state index in [0.29, 0.717) is 13.1 Å². The summed E-state index contributed by atoms with van der Waals surface area (Å²) < 4.78 is 7.18. The van der Waals surface area contributed by atoms with Crippen LogP contribution < -0.4 is 10.6 Å². The molecule has 0 spiro atoms. The monoisotopic (exact) mass is 366 g/mol. The predicted molar refractivity (Wildman–Crippen MR) is 106 cm³/mol. The molecule has 2 N–H and O–H groups in total. The van der Waals surface area contributed by atoms with Crippen LogP contribution in [0.4, 0.5) is 0 Å². The smallest absolute Gasteiger partial charge is 0.191 e. The first-order valence-electron chi connectivity index (χ1n) is 8.98. The van der Waals surface area contributed by atoms with Crippen molar-refractivity contribution in [2.75, 3.05) is 7.05 Å². The van der Waals surface area contributed by atoms with E-state index in [1.807, 2.05) is 43.7 Å². The Bertz CT molecular complexity index is 920. The van der Waals surface area contributed by atoms with Gasteiger partial charge in [-0.2, -0.15) is 5.10 Å².